The SMILES string of the molecule is CCCC(Cl)c1noc(CC)n1. The average molecular weight is 189 g/mol. The Morgan fingerprint density at radius 1 is 1.50 bits per heavy atom. The first kappa shape index (κ1) is 9.52. The molecule has 3 nitrogen and oxygen atoms in total. The normalized spacial score (nSPS) is 13.2. The highest BCUT2D eigenvalue weighted by molar-refractivity contribution is 6.20. The van der Waals surface area contributed by atoms with E-state index in [0.717, 1.165) is 19.3 Å². The van der Waals surface area contributed by atoms with Crippen molar-refractivity contribution in [1.29, 1.82) is 0 Å². The van der Waals surface area contributed by atoms with Crippen LogP contribution in [-0.4, -0.2) is 10.1 Å². The maximum Gasteiger partial charge on any atom is 0.226 e. The summed E-state index contributed by atoms with van der Waals surface area (Å²) in [5, 5.41) is 3.69. The van der Waals surface area contributed by atoms with E-state index in [9.17, 15) is 0 Å². The molecule has 0 radical (unpaired) electrons. The molecule has 0 aliphatic carbocycles. The third kappa shape index (κ3) is 2.21. The zero-order chi connectivity index (χ0) is 8.97. The van der Waals surface area contributed by atoms with Gasteiger partial charge in [-0.3, -0.25) is 0 Å². The molecule has 0 N–H and O–H groups in total. The zero-order valence-corrected chi connectivity index (χ0v) is 8.14. The van der Waals surface area contributed by atoms with E-state index in [1.54, 1.807) is 0 Å². The maximum absolute atomic E-state index is 5.99. The van der Waals surface area contributed by atoms with Gasteiger partial charge < -0.3 is 4.52 Å². The molecule has 1 unspecified atom stereocenters. The lowest BCUT2D eigenvalue weighted by Crippen LogP contribution is -1.92. The van der Waals surface area contributed by atoms with Crippen molar-refractivity contribution in [3.8, 4) is 0 Å². The molecule has 0 saturated heterocycles. The van der Waals surface area contributed by atoms with E-state index in [1.807, 2.05) is 6.92 Å². The van der Waals surface area contributed by atoms with Gasteiger partial charge in [0.25, 0.3) is 0 Å². The molecule has 1 rings (SSSR count). The van der Waals surface area contributed by atoms with Gasteiger partial charge >= 0.3 is 0 Å². The van der Waals surface area contributed by atoms with E-state index in [2.05, 4.69) is 17.1 Å². The van der Waals surface area contributed by atoms with Crippen molar-refractivity contribution in [2.75, 3.05) is 0 Å². The van der Waals surface area contributed by atoms with Gasteiger partial charge in [-0.2, -0.15) is 4.98 Å². The van der Waals surface area contributed by atoms with E-state index < -0.39 is 0 Å². The summed E-state index contributed by atoms with van der Waals surface area (Å²) in [4.78, 5) is 4.14. The van der Waals surface area contributed by atoms with Crippen molar-refractivity contribution in [2.24, 2.45) is 0 Å². The van der Waals surface area contributed by atoms with Gasteiger partial charge in [0.2, 0.25) is 5.89 Å². The van der Waals surface area contributed by atoms with E-state index >= 15 is 0 Å². The van der Waals surface area contributed by atoms with Gasteiger partial charge in [-0.15, -0.1) is 11.6 Å². The van der Waals surface area contributed by atoms with Crippen LogP contribution in [-0.2, 0) is 6.42 Å². The second-order valence-electron chi connectivity index (χ2n) is 2.66. The minimum absolute atomic E-state index is 0.0981. The summed E-state index contributed by atoms with van der Waals surface area (Å²) < 4.78 is 4.94. The Hall–Kier alpha value is -0.570. The minimum Gasteiger partial charge on any atom is -0.339 e. The quantitative estimate of drug-likeness (QED) is 0.682. The van der Waals surface area contributed by atoms with Crippen LogP contribution in [0.2, 0.25) is 0 Å². The van der Waals surface area contributed by atoms with Gasteiger partial charge in [-0.1, -0.05) is 25.4 Å². The van der Waals surface area contributed by atoms with Crippen LogP contribution in [0.4, 0.5) is 0 Å². The van der Waals surface area contributed by atoms with Crippen molar-refractivity contribution < 1.29 is 4.52 Å². The number of hydrogen-bond acceptors (Lipinski definition) is 3. The predicted octanol–water partition coefficient (Wildman–Crippen LogP) is 2.71. The molecule has 0 aliphatic rings. The van der Waals surface area contributed by atoms with Crippen LogP contribution >= 0.6 is 11.6 Å². The Balaban J connectivity index is 2.61. The molecule has 1 atom stereocenters. The van der Waals surface area contributed by atoms with Crippen LogP contribution in [0.3, 0.4) is 0 Å². The van der Waals surface area contributed by atoms with Crippen LogP contribution < -0.4 is 0 Å². The maximum atomic E-state index is 5.99. The molecule has 4 heteroatoms. The van der Waals surface area contributed by atoms with Crippen LogP contribution in [0.5, 0.6) is 0 Å². The molecule has 0 bridgehead atoms. The summed E-state index contributed by atoms with van der Waals surface area (Å²) >= 11 is 5.99. The molecule has 0 spiro atoms. The van der Waals surface area contributed by atoms with Gasteiger partial charge in [0, 0.05) is 6.42 Å². The number of hydrogen-bond donors (Lipinski definition) is 0. The second kappa shape index (κ2) is 4.45. The monoisotopic (exact) mass is 188 g/mol. The first-order chi connectivity index (χ1) is 5.77. The topological polar surface area (TPSA) is 38.9 Å². The predicted molar refractivity (Wildman–Crippen MR) is 47.2 cm³/mol. The van der Waals surface area contributed by atoms with Crippen molar-refractivity contribution >= 4 is 11.6 Å². The molecule has 0 saturated carbocycles. The second-order valence-corrected chi connectivity index (χ2v) is 3.18. The molecule has 1 aromatic heterocycles. The Bertz CT molecular complexity index is 237. The van der Waals surface area contributed by atoms with Crippen LogP contribution in [0.15, 0.2) is 4.52 Å². The van der Waals surface area contributed by atoms with E-state index in [0.29, 0.717) is 11.7 Å². The molecule has 0 aliphatic heterocycles. The van der Waals surface area contributed by atoms with Crippen molar-refractivity contribution in [1.82, 2.24) is 10.1 Å². The number of nitrogens with zero attached hydrogens (tertiary/aromatic N) is 2. The number of rotatable bonds is 4. The van der Waals surface area contributed by atoms with E-state index in [1.165, 1.54) is 0 Å². The molecule has 12 heavy (non-hydrogen) atoms. The van der Waals surface area contributed by atoms with Crippen LogP contribution in [0.25, 0.3) is 0 Å². The highest BCUT2D eigenvalue weighted by Crippen LogP contribution is 2.22. The standard InChI is InChI=1S/C8H13ClN2O/c1-3-5-6(9)8-10-7(4-2)12-11-8/h6H,3-5H2,1-2H3. The summed E-state index contributed by atoms with van der Waals surface area (Å²) in [5.74, 6) is 1.28. The van der Waals surface area contributed by atoms with Crippen molar-refractivity contribution in [2.45, 2.75) is 38.5 Å². The third-order valence-corrected chi connectivity index (χ3v) is 2.02. The van der Waals surface area contributed by atoms with Crippen LogP contribution in [0, 0.1) is 0 Å². The highest BCUT2D eigenvalue weighted by atomic mass is 35.5. The third-order valence-electron chi connectivity index (χ3n) is 1.61. The van der Waals surface area contributed by atoms with Crippen molar-refractivity contribution in [3.05, 3.63) is 11.7 Å². The highest BCUT2D eigenvalue weighted by Gasteiger charge is 2.13. The molecular formula is C8H13ClN2O. The molecule has 68 valence electrons. The fourth-order valence-corrected chi connectivity index (χ4v) is 1.23. The molecule has 0 fully saturated rings. The lowest BCUT2D eigenvalue weighted by molar-refractivity contribution is 0.375. The Labute approximate surface area is 77.1 Å². The minimum atomic E-state index is -0.0981. The van der Waals surface area contributed by atoms with E-state index in [4.69, 9.17) is 16.1 Å². The average Bonchev–Trinajstić information content (AvgIpc) is 2.52. The van der Waals surface area contributed by atoms with Crippen molar-refractivity contribution in [3.63, 3.8) is 0 Å². The summed E-state index contributed by atoms with van der Waals surface area (Å²) in [6.07, 6.45) is 2.69. The molecule has 1 heterocycles. The first-order valence-electron chi connectivity index (χ1n) is 4.24. The lowest BCUT2D eigenvalue weighted by atomic mass is 10.2. The van der Waals surface area contributed by atoms with Crippen LogP contribution in [0.1, 0.15) is 43.8 Å². The summed E-state index contributed by atoms with van der Waals surface area (Å²) in [7, 11) is 0. The van der Waals surface area contributed by atoms with Gasteiger partial charge in [0.05, 0.1) is 5.38 Å². The lowest BCUT2D eigenvalue weighted by Gasteiger charge is -1.99. The number of aromatic nitrogens is 2. The van der Waals surface area contributed by atoms with Gasteiger partial charge in [-0.05, 0) is 6.42 Å². The molecule has 1 aromatic rings. The Morgan fingerprint density at radius 3 is 2.75 bits per heavy atom. The number of alkyl halides is 1. The molecular weight excluding hydrogens is 176 g/mol. The summed E-state index contributed by atoms with van der Waals surface area (Å²) in [6, 6.07) is 0. The molecule has 0 amide bonds. The molecule has 0 aromatic carbocycles. The smallest absolute Gasteiger partial charge is 0.226 e. The zero-order valence-electron chi connectivity index (χ0n) is 7.38. The summed E-state index contributed by atoms with van der Waals surface area (Å²) in [5.41, 5.74) is 0. The van der Waals surface area contributed by atoms with Gasteiger partial charge in [-0.25, -0.2) is 0 Å². The number of halogens is 1. The fraction of sp³-hybridized carbons (Fsp3) is 0.750. The summed E-state index contributed by atoms with van der Waals surface area (Å²) in [6.45, 7) is 4.05. The Morgan fingerprint density at radius 2 is 2.25 bits per heavy atom. The van der Waals surface area contributed by atoms with Gasteiger partial charge in [0.1, 0.15) is 0 Å². The number of aryl methyl sites for hydroxylation is 1. The van der Waals surface area contributed by atoms with Gasteiger partial charge in [0.15, 0.2) is 5.82 Å². The first-order valence-corrected chi connectivity index (χ1v) is 4.68. The largest absolute Gasteiger partial charge is 0.339 e. The fourth-order valence-electron chi connectivity index (χ4n) is 0.921. The Kier molecular flexibility index (Phi) is 3.53. The van der Waals surface area contributed by atoms with E-state index in [-0.39, 0.29) is 5.38 Å².